The van der Waals surface area contributed by atoms with E-state index in [0.29, 0.717) is 11.3 Å². The Hall–Kier alpha value is -2.74. The molecule has 0 fully saturated rings. The average Bonchev–Trinajstić information content (AvgIpc) is 3.44. The van der Waals surface area contributed by atoms with E-state index in [9.17, 15) is 13.2 Å². The summed E-state index contributed by atoms with van der Waals surface area (Å²) in [6.45, 7) is 10.8. The maximum absolute atomic E-state index is 12.5. The molecule has 2 aromatic rings. The fourth-order valence-electron chi connectivity index (χ4n) is 2.54. The molecule has 3 nitrogen and oxygen atoms in total. The van der Waals surface area contributed by atoms with Gasteiger partial charge in [-0.05, 0) is 6.08 Å². The molecule has 0 bridgehead atoms. The zero-order valence-corrected chi connectivity index (χ0v) is 19.0. The van der Waals surface area contributed by atoms with E-state index in [1.807, 2.05) is 61.9 Å². The Morgan fingerprint density at radius 2 is 1.32 bits per heavy atom. The van der Waals surface area contributed by atoms with Gasteiger partial charge in [-0.15, -0.1) is 17.7 Å². The van der Waals surface area contributed by atoms with Crippen LogP contribution in [-0.2, 0) is 35.9 Å². The molecule has 2 radical (unpaired) electrons. The molecule has 0 saturated carbocycles. The summed E-state index contributed by atoms with van der Waals surface area (Å²) >= 11 is 0. The summed E-state index contributed by atoms with van der Waals surface area (Å²) < 4.78 is 58.2. The van der Waals surface area contributed by atoms with Crippen molar-refractivity contribution in [3.8, 4) is 0 Å². The second-order valence-electron chi connectivity index (χ2n) is 5.70. The molecule has 1 aliphatic carbocycles. The van der Waals surface area contributed by atoms with Crippen LogP contribution < -0.4 is 0 Å². The van der Waals surface area contributed by atoms with Crippen molar-refractivity contribution in [3.05, 3.63) is 121 Å². The summed E-state index contributed by atoms with van der Waals surface area (Å²) in [5.74, 6) is 1.29. The topological polar surface area (TPSA) is 51.1 Å². The third-order valence-electron chi connectivity index (χ3n) is 3.83. The van der Waals surface area contributed by atoms with E-state index in [2.05, 4.69) is 19.4 Å². The molecule has 4 rings (SSSR count). The summed E-state index contributed by atoms with van der Waals surface area (Å²) in [6, 6.07) is 12.5. The van der Waals surface area contributed by atoms with Crippen molar-refractivity contribution in [2.75, 3.05) is 0 Å². The van der Waals surface area contributed by atoms with Gasteiger partial charge >= 0.3 is 34.6 Å². The molecule has 0 N–H and O–H groups in total. The molecular weight excluding hydrogens is 579 g/mol. The molecule has 0 unspecified atom stereocenters. The number of fused-ring (bicyclic) bond motifs is 1. The van der Waals surface area contributed by atoms with Gasteiger partial charge in [0.25, 0.3) is 5.76 Å². The number of benzene rings is 2. The Balaban J connectivity index is 0.000000768. The fourth-order valence-corrected chi connectivity index (χ4v) is 2.54. The molecule has 1 aliphatic heterocycles. The number of halogens is 3. The zero-order valence-electron chi connectivity index (χ0n) is 16.2. The molecule has 2 aliphatic rings. The Labute approximate surface area is 192 Å². The van der Waals surface area contributed by atoms with Crippen LogP contribution in [0.1, 0.15) is 33.6 Å². The standard InChI is InChI=1S/C17H11F3O.C5H5.2CO.Re/c1-11-14-4-2-3-5-15(14)16(21-11)10-12-6-8-13(9-7-12)17(18,19)20;1-2-4-5-3-1;2*1-2;/h2-9H,1H3;1-5H;;;. The van der Waals surface area contributed by atoms with Crippen molar-refractivity contribution in [1.29, 1.82) is 0 Å². The van der Waals surface area contributed by atoms with Crippen LogP contribution in [0.5, 0.6) is 0 Å². The molecule has 158 valence electrons. The summed E-state index contributed by atoms with van der Waals surface area (Å²) in [5.41, 5.74) is 1.75. The number of ketones is 1. The Morgan fingerprint density at radius 1 is 0.806 bits per heavy atom. The van der Waals surface area contributed by atoms with Crippen LogP contribution in [0, 0.1) is 25.8 Å². The van der Waals surface area contributed by atoms with Crippen molar-refractivity contribution in [2.24, 2.45) is 0 Å². The smallest absolute Gasteiger partial charge is 0.00506 e. The molecule has 31 heavy (non-hydrogen) atoms. The molecule has 2 aromatic carbocycles. The molecular formula is C24H16F3O3Re. The predicted octanol–water partition coefficient (Wildman–Crippen LogP) is 5.89. The van der Waals surface area contributed by atoms with E-state index < -0.39 is 11.7 Å². The van der Waals surface area contributed by atoms with Crippen molar-refractivity contribution in [2.45, 2.75) is 13.1 Å². The predicted molar refractivity (Wildman–Crippen MR) is 104 cm³/mol. The third-order valence-corrected chi connectivity index (χ3v) is 3.83. The maximum atomic E-state index is 12.5. The summed E-state index contributed by atoms with van der Waals surface area (Å²) in [5, 5.41) is 0. The first-order chi connectivity index (χ1) is 14.4. The first-order valence-corrected chi connectivity index (χ1v) is 8.45. The number of allylic oxidation sites excluding steroid dienone is 4. The Kier molecular flexibility index (Phi) is 13.0. The molecule has 0 saturated heterocycles. The Bertz CT molecular complexity index is 980. The van der Waals surface area contributed by atoms with Crippen LogP contribution in [0.25, 0.3) is 5.76 Å². The monoisotopic (exact) mass is 596 g/mol. The second kappa shape index (κ2) is 14.3. The van der Waals surface area contributed by atoms with Crippen LogP contribution in [0.4, 0.5) is 13.2 Å². The van der Waals surface area contributed by atoms with Crippen LogP contribution in [0.15, 0.2) is 72.8 Å². The minimum atomic E-state index is -4.33. The van der Waals surface area contributed by atoms with Gasteiger partial charge in [-0.1, -0.05) is 60.7 Å². The largest absolute Gasteiger partial charge is 0.0767 e. The number of hydrogen-bond donors (Lipinski definition) is 0. The van der Waals surface area contributed by atoms with E-state index in [1.54, 1.807) is 0 Å². The molecule has 0 amide bonds. The number of alkyl halides is 3. The van der Waals surface area contributed by atoms with Crippen LogP contribution in [-0.4, -0.2) is 5.78 Å². The van der Waals surface area contributed by atoms with Gasteiger partial charge in [0, 0.05) is 43.5 Å². The van der Waals surface area contributed by atoms with Gasteiger partial charge in [-0.2, -0.15) is 13.2 Å². The van der Waals surface area contributed by atoms with E-state index in [1.165, 1.54) is 12.1 Å². The van der Waals surface area contributed by atoms with Gasteiger partial charge in [0.15, 0.2) is 0 Å². The minimum Gasteiger partial charge on any atom is -0.0767 e. The van der Waals surface area contributed by atoms with Gasteiger partial charge in [0.05, 0.1) is 6.92 Å². The second-order valence-corrected chi connectivity index (χ2v) is 5.70. The van der Waals surface area contributed by atoms with Gasteiger partial charge in [-0.25, -0.2) is 4.42 Å². The van der Waals surface area contributed by atoms with E-state index >= 15 is 0 Å². The minimum absolute atomic E-state index is 0. The molecule has 0 spiro atoms. The van der Waals surface area contributed by atoms with Crippen molar-refractivity contribution < 1.29 is 47.3 Å². The number of carbonyl (C=O) groups excluding carboxylic acids is 1. The van der Waals surface area contributed by atoms with E-state index in [4.69, 9.17) is 13.7 Å². The Morgan fingerprint density at radius 3 is 1.77 bits per heavy atom. The van der Waals surface area contributed by atoms with Crippen molar-refractivity contribution >= 4 is 11.5 Å². The van der Waals surface area contributed by atoms with Gasteiger partial charge in [0.2, 0.25) is 0 Å². The molecule has 1 heterocycles. The van der Waals surface area contributed by atoms with E-state index in [-0.39, 0.29) is 20.4 Å². The summed E-state index contributed by atoms with van der Waals surface area (Å²) in [4.78, 5) is 0. The van der Waals surface area contributed by atoms with Gasteiger partial charge in [0.1, 0.15) is 0 Å². The summed E-state index contributed by atoms with van der Waals surface area (Å²) in [6.07, 6.45) is 8.69. The SMILES string of the molecule is CC1=[O+]C(=[C-]c2ccc(C(F)(F)F)cc2)c2ccccc21.[C-]#[O+].[C-]#[O+].[CH]1C=CC=C1.[Re]. The number of hydrogen-bond acceptors (Lipinski definition) is 0. The van der Waals surface area contributed by atoms with Crippen LogP contribution in [0.3, 0.4) is 0 Å². The van der Waals surface area contributed by atoms with E-state index in [0.717, 1.165) is 29.0 Å². The maximum Gasteiger partial charge on any atom is 0.00506 e. The zero-order chi connectivity index (χ0) is 22.6. The normalized spacial score (nSPS) is 13.8. The summed E-state index contributed by atoms with van der Waals surface area (Å²) in [7, 11) is 0. The van der Waals surface area contributed by atoms with Crippen LogP contribution >= 0.6 is 0 Å². The first kappa shape index (κ1) is 28.3. The third kappa shape index (κ3) is 8.49. The quantitative estimate of drug-likeness (QED) is 0.292. The first-order valence-electron chi connectivity index (χ1n) is 8.45. The fraction of sp³-hybridized carbons (Fsp3) is 0.0833. The average molecular weight is 596 g/mol. The van der Waals surface area contributed by atoms with Crippen LogP contribution in [0.2, 0.25) is 0 Å². The van der Waals surface area contributed by atoms with Crippen molar-refractivity contribution in [1.82, 2.24) is 0 Å². The van der Waals surface area contributed by atoms with Gasteiger partial charge in [-0.3, -0.25) is 0 Å². The van der Waals surface area contributed by atoms with Crippen molar-refractivity contribution in [3.63, 3.8) is 0 Å². The number of rotatable bonds is 1. The molecule has 0 aromatic heterocycles. The molecule has 0 atom stereocenters. The molecule has 7 heteroatoms. The van der Waals surface area contributed by atoms with Gasteiger partial charge < -0.3 is 0 Å².